The van der Waals surface area contributed by atoms with Gasteiger partial charge in [0.05, 0.1) is 8.61 Å². The van der Waals surface area contributed by atoms with Gasteiger partial charge in [0.1, 0.15) is 6.17 Å². The first-order valence-electron chi connectivity index (χ1n) is 4.18. The van der Waals surface area contributed by atoms with Crippen LogP contribution in [0.2, 0.25) is 0 Å². The topological polar surface area (TPSA) is 0 Å². The summed E-state index contributed by atoms with van der Waals surface area (Å²) >= 11 is 12.1. The smallest absolute Gasteiger partial charge is 0.108 e. The summed E-state index contributed by atoms with van der Waals surface area (Å²) in [5.41, 5.74) is -0.205. The average molecular weight is 407 g/mol. The van der Waals surface area contributed by atoms with E-state index < -0.39 is 6.17 Å². The molecule has 0 N–H and O–H groups in total. The minimum absolute atomic E-state index is 0.123. The highest BCUT2D eigenvalue weighted by atomic mass is 79.9. The van der Waals surface area contributed by atoms with Crippen molar-refractivity contribution < 1.29 is 4.39 Å². The van der Waals surface area contributed by atoms with Crippen molar-refractivity contribution in [3.05, 3.63) is 19.2 Å². The Morgan fingerprint density at radius 2 is 2.21 bits per heavy atom. The minimum atomic E-state index is -0.661. The molecule has 3 unspecified atom stereocenters. The Bertz CT molecular complexity index is 345. The van der Waals surface area contributed by atoms with Gasteiger partial charge >= 0.3 is 0 Å². The maximum Gasteiger partial charge on any atom is 0.108 e. The van der Waals surface area contributed by atoms with E-state index in [1.807, 2.05) is 13.0 Å². The maximum absolute atomic E-state index is 13.2. The van der Waals surface area contributed by atoms with E-state index in [0.29, 0.717) is 6.42 Å². The van der Waals surface area contributed by atoms with E-state index in [0.717, 1.165) is 8.26 Å². The molecule has 14 heavy (non-hydrogen) atoms. The van der Waals surface area contributed by atoms with Gasteiger partial charge in [0.15, 0.2) is 0 Å². The highest BCUT2D eigenvalue weighted by Gasteiger charge is 2.56. The molecule has 0 amide bonds. The van der Waals surface area contributed by atoms with Crippen LogP contribution in [0.1, 0.15) is 23.0 Å². The Morgan fingerprint density at radius 3 is 2.57 bits per heavy atom. The number of alkyl halides is 2. The quantitative estimate of drug-likeness (QED) is 0.572. The van der Waals surface area contributed by atoms with Gasteiger partial charge in [0, 0.05) is 14.8 Å². The van der Waals surface area contributed by atoms with Crippen LogP contribution in [0.25, 0.3) is 0 Å². The lowest BCUT2D eigenvalue weighted by Gasteiger charge is -2.14. The van der Waals surface area contributed by atoms with E-state index in [4.69, 9.17) is 0 Å². The summed E-state index contributed by atoms with van der Waals surface area (Å²) in [6, 6.07) is 2.05. The molecule has 0 spiro atoms. The van der Waals surface area contributed by atoms with E-state index in [-0.39, 0.29) is 10.2 Å². The lowest BCUT2D eigenvalue weighted by atomic mass is 10.0. The minimum Gasteiger partial charge on any atom is -0.247 e. The van der Waals surface area contributed by atoms with E-state index in [9.17, 15) is 4.39 Å². The summed E-state index contributed by atoms with van der Waals surface area (Å²) in [4.78, 5) is 1.30. The third-order valence-electron chi connectivity index (χ3n) is 2.67. The SMILES string of the molecule is CC1(C(Br)c2cc(Br)c(Br)s2)CC1F. The molecule has 0 saturated heterocycles. The van der Waals surface area contributed by atoms with Gasteiger partial charge in [-0.2, -0.15) is 0 Å². The lowest BCUT2D eigenvalue weighted by molar-refractivity contribution is 0.376. The molecule has 1 fully saturated rings. The second-order valence-corrected chi connectivity index (χ2v) is 7.98. The van der Waals surface area contributed by atoms with Crippen LogP contribution in [-0.2, 0) is 0 Å². The highest BCUT2D eigenvalue weighted by Crippen LogP contribution is 2.61. The Labute approximate surface area is 112 Å². The lowest BCUT2D eigenvalue weighted by Crippen LogP contribution is -2.05. The number of thiophene rings is 1. The van der Waals surface area contributed by atoms with E-state index in [1.165, 1.54) is 4.88 Å². The molecule has 0 radical (unpaired) electrons. The maximum atomic E-state index is 13.2. The molecule has 78 valence electrons. The predicted octanol–water partition coefficient (Wildman–Crippen LogP) is 5.46. The second kappa shape index (κ2) is 3.82. The fraction of sp³-hybridized carbons (Fsp3) is 0.556. The Hall–Kier alpha value is 1.07. The normalized spacial score (nSPS) is 33.1. The van der Waals surface area contributed by atoms with Crippen molar-refractivity contribution in [2.45, 2.75) is 24.3 Å². The number of hydrogen-bond donors (Lipinski definition) is 0. The second-order valence-electron chi connectivity index (χ2n) is 3.81. The summed E-state index contributed by atoms with van der Waals surface area (Å²) in [6.07, 6.45) is 0.00213. The molecule has 1 aliphatic rings. The van der Waals surface area contributed by atoms with Crippen molar-refractivity contribution in [2.24, 2.45) is 5.41 Å². The number of halogens is 4. The van der Waals surface area contributed by atoms with Crippen molar-refractivity contribution in [3.8, 4) is 0 Å². The Balaban J connectivity index is 2.24. The fourth-order valence-electron chi connectivity index (χ4n) is 1.40. The summed E-state index contributed by atoms with van der Waals surface area (Å²) in [7, 11) is 0. The summed E-state index contributed by atoms with van der Waals surface area (Å²) in [6.45, 7) is 1.98. The largest absolute Gasteiger partial charge is 0.247 e. The van der Waals surface area contributed by atoms with Crippen molar-refractivity contribution in [3.63, 3.8) is 0 Å². The zero-order valence-corrected chi connectivity index (χ0v) is 12.9. The van der Waals surface area contributed by atoms with Gasteiger partial charge < -0.3 is 0 Å². The standard InChI is InChI=1S/C9H8Br3FS/c1-9(3-6(9)13)7(11)5-2-4(10)8(12)14-5/h2,6-7H,3H2,1H3. The van der Waals surface area contributed by atoms with Crippen LogP contribution in [0.4, 0.5) is 4.39 Å². The van der Waals surface area contributed by atoms with Crippen LogP contribution in [0.3, 0.4) is 0 Å². The highest BCUT2D eigenvalue weighted by molar-refractivity contribution is 9.13. The molecule has 0 aromatic carbocycles. The van der Waals surface area contributed by atoms with Gasteiger partial charge in [0.2, 0.25) is 0 Å². The van der Waals surface area contributed by atoms with Gasteiger partial charge in [-0.25, -0.2) is 4.39 Å². The third-order valence-corrected chi connectivity index (χ3v) is 7.83. The average Bonchev–Trinajstić information content (AvgIpc) is 2.58. The van der Waals surface area contributed by atoms with Crippen LogP contribution in [-0.4, -0.2) is 6.17 Å². The van der Waals surface area contributed by atoms with Crippen molar-refractivity contribution in [1.82, 2.24) is 0 Å². The molecule has 1 saturated carbocycles. The van der Waals surface area contributed by atoms with Gasteiger partial charge in [-0.1, -0.05) is 22.9 Å². The molecule has 1 heterocycles. The van der Waals surface area contributed by atoms with Gasteiger partial charge in [-0.15, -0.1) is 11.3 Å². The van der Waals surface area contributed by atoms with E-state index >= 15 is 0 Å². The predicted molar refractivity (Wildman–Crippen MR) is 69.0 cm³/mol. The molecule has 0 bridgehead atoms. The van der Waals surface area contributed by atoms with Gasteiger partial charge in [-0.3, -0.25) is 0 Å². The van der Waals surface area contributed by atoms with Crippen LogP contribution in [0.15, 0.2) is 14.3 Å². The molecule has 1 aliphatic carbocycles. The summed E-state index contributed by atoms with van der Waals surface area (Å²) in [5.74, 6) is 0. The molecule has 1 aromatic rings. The number of rotatable bonds is 2. The van der Waals surface area contributed by atoms with Gasteiger partial charge in [0.25, 0.3) is 0 Å². The fourth-order valence-corrected chi connectivity index (χ4v) is 4.52. The van der Waals surface area contributed by atoms with Crippen molar-refractivity contribution >= 4 is 59.1 Å². The first-order valence-corrected chi connectivity index (χ1v) is 7.50. The van der Waals surface area contributed by atoms with E-state index in [2.05, 4.69) is 47.8 Å². The van der Waals surface area contributed by atoms with Crippen molar-refractivity contribution in [1.29, 1.82) is 0 Å². The molecule has 1 aromatic heterocycles. The van der Waals surface area contributed by atoms with E-state index in [1.54, 1.807) is 11.3 Å². The molecule has 0 aliphatic heterocycles. The van der Waals surface area contributed by atoms with Crippen LogP contribution < -0.4 is 0 Å². The Kier molecular flexibility index (Phi) is 3.16. The van der Waals surface area contributed by atoms with Gasteiger partial charge in [-0.05, 0) is 44.3 Å². The third kappa shape index (κ3) is 1.85. The van der Waals surface area contributed by atoms with Crippen LogP contribution in [0, 0.1) is 5.41 Å². The van der Waals surface area contributed by atoms with Crippen LogP contribution in [0.5, 0.6) is 0 Å². The molecule has 5 heteroatoms. The zero-order valence-electron chi connectivity index (χ0n) is 7.36. The first-order chi connectivity index (χ1) is 6.45. The van der Waals surface area contributed by atoms with Crippen LogP contribution >= 0.6 is 59.1 Å². The Morgan fingerprint density at radius 1 is 1.64 bits per heavy atom. The molecular formula is C9H8Br3FS. The van der Waals surface area contributed by atoms with Crippen molar-refractivity contribution in [2.75, 3.05) is 0 Å². The molecule has 3 atom stereocenters. The first kappa shape index (κ1) is 11.6. The summed E-state index contributed by atoms with van der Waals surface area (Å²) < 4.78 is 15.3. The summed E-state index contributed by atoms with van der Waals surface area (Å²) in [5, 5.41) is 0. The molecular weight excluding hydrogens is 399 g/mol. The molecule has 2 rings (SSSR count). The number of hydrogen-bond acceptors (Lipinski definition) is 1. The zero-order chi connectivity index (χ0) is 10.5. The monoisotopic (exact) mass is 404 g/mol. The molecule has 0 nitrogen and oxygen atoms in total.